The maximum atomic E-state index is 12.5. The molecule has 102 valence electrons. The van der Waals surface area contributed by atoms with Crippen LogP contribution in [0.25, 0.3) is 0 Å². The Morgan fingerprint density at radius 3 is 1.61 bits per heavy atom. The molecule has 0 aliphatic carbocycles. The van der Waals surface area contributed by atoms with Crippen molar-refractivity contribution in [3.63, 3.8) is 0 Å². The maximum absolute atomic E-state index is 12.5. The third-order valence-corrected chi connectivity index (χ3v) is 2.75. The number of benzene rings is 1. The summed E-state index contributed by atoms with van der Waals surface area (Å²) in [6.45, 7) is 2.91. The number of hydrogen-bond donors (Lipinski definition) is 1. The summed E-state index contributed by atoms with van der Waals surface area (Å²) >= 11 is 0. The number of rotatable bonds is 1. The first kappa shape index (κ1) is 14.8. The van der Waals surface area contributed by atoms with Crippen molar-refractivity contribution in [2.45, 2.75) is 31.8 Å². The predicted octanol–water partition coefficient (Wildman–Crippen LogP) is 3.62. The highest BCUT2D eigenvalue weighted by atomic mass is 19.4. The van der Waals surface area contributed by atoms with E-state index in [-0.39, 0.29) is 5.56 Å². The zero-order valence-electron chi connectivity index (χ0n) is 9.45. The van der Waals surface area contributed by atoms with Crippen molar-refractivity contribution in [1.82, 2.24) is 0 Å². The molecule has 0 saturated heterocycles. The van der Waals surface area contributed by atoms with Crippen LogP contribution in [0.4, 0.5) is 26.3 Å². The molecule has 0 fully saturated rings. The van der Waals surface area contributed by atoms with Crippen LogP contribution in [-0.4, -0.2) is 17.5 Å². The van der Waals surface area contributed by atoms with Crippen LogP contribution in [0.2, 0.25) is 0 Å². The van der Waals surface area contributed by atoms with Gasteiger partial charge in [0.1, 0.15) is 0 Å². The lowest BCUT2D eigenvalue weighted by Gasteiger charge is -2.33. The van der Waals surface area contributed by atoms with E-state index in [1.165, 1.54) is 6.92 Å². The third-order valence-electron chi connectivity index (χ3n) is 2.75. The van der Waals surface area contributed by atoms with Crippen molar-refractivity contribution in [2.24, 2.45) is 0 Å². The Morgan fingerprint density at radius 1 is 0.833 bits per heavy atom. The molecule has 1 nitrogen and oxygen atoms in total. The van der Waals surface area contributed by atoms with Gasteiger partial charge >= 0.3 is 12.4 Å². The molecule has 0 saturated carbocycles. The van der Waals surface area contributed by atoms with Gasteiger partial charge < -0.3 is 5.11 Å². The zero-order valence-corrected chi connectivity index (χ0v) is 9.45. The second kappa shape index (κ2) is 4.15. The molecule has 0 heterocycles. The third kappa shape index (κ3) is 2.19. The smallest absolute Gasteiger partial charge is 0.369 e. The van der Waals surface area contributed by atoms with Crippen LogP contribution in [0, 0.1) is 13.8 Å². The van der Waals surface area contributed by atoms with Crippen LogP contribution >= 0.6 is 0 Å². The molecular weight excluding hydrogens is 262 g/mol. The summed E-state index contributed by atoms with van der Waals surface area (Å²) in [4.78, 5) is 0. The lowest BCUT2D eigenvalue weighted by atomic mass is 9.90. The van der Waals surface area contributed by atoms with E-state index in [0.29, 0.717) is 17.7 Å². The normalized spacial score (nSPS) is 13.8. The number of alkyl halides is 6. The molecular formula is C11H10F6O. The van der Waals surface area contributed by atoms with Crippen molar-refractivity contribution in [3.05, 3.63) is 34.9 Å². The number of aryl methyl sites for hydroxylation is 2. The average molecular weight is 272 g/mol. The van der Waals surface area contributed by atoms with Gasteiger partial charge in [-0.1, -0.05) is 18.2 Å². The van der Waals surface area contributed by atoms with E-state index >= 15 is 0 Å². The van der Waals surface area contributed by atoms with Gasteiger partial charge in [0.2, 0.25) is 0 Å². The maximum Gasteiger partial charge on any atom is 0.430 e. The van der Waals surface area contributed by atoms with Crippen LogP contribution < -0.4 is 0 Å². The summed E-state index contributed by atoms with van der Waals surface area (Å²) in [5, 5.41) is 9.12. The number of hydrogen-bond acceptors (Lipinski definition) is 1. The van der Waals surface area contributed by atoms with Gasteiger partial charge in [0.25, 0.3) is 5.60 Å². The summed E-state index contributed by atoms with van der Waals surface area (Å²) in [5.74, 6) is 0. The largest absolute Gasteiger partial charge is 0.430 e. The Balaban J connectivity index is 3.51. The molecule has 18 heavy (non-hydrogen) atoms. The SMILES string of the molecule is Cc1ccc(C(O)(C(F)(F)F)C(F)(F)F)cc1C. The summed E-state index contributed by atoms with van der Waals surface area (Å²) < 4.78 is 75.3. The van der Waals surface area contributed by atoms with Gasteiger partial charge in [0.05, 0.1) is 0 Å². The number of halogens is 6. The zero-order chi connectivity index (χ0) is 14.4. The molecule has 1 aromatic carbocycles. The van der Waals surface area contributed by atoms with Crippen molar-refractivity contribution in [2.75, 3.05) is 0 Å². The minimum atomic E-state index is -5.84. The molecule has 1 rings (SSSR count). The van der Waals surface area contributed by atoms with Crippen molar-refractivity contribution in [3.8, 4) is 0 Å². The summed E-state index contributed by atoms with van der Waals surface area (Å²) in [7, 11) is 0. The van der Waals surface area contributed by atoms with Crippen molar-refractivity contribution < 1.29 is 31.4 Å². The highest BCUT2D eigenvalue weighted by molar-refractivity contribution is 5.35. The fraction of sp³-hybridized carbons (Fsp3) is 0.455. The second-order valence-corrected chi connectivity index (χ2v) is 4.00. The second-order valence-electron chi connectivity index (χ2n) is 4.00. The van der Waals surface area contributed by atoms with Gasteiger partial charge in [-0.05, 0) is 25.0 Å². The molecule has 0 bridgehead atoms. The van der Waals surface area contributed by atoms with E-state index in [1.54, 1.807) is 6.92 Å². The topological polar surface area (TPSA) is 20.2 Å². The molecule has 0 aromatic heterocycles. The summed E-state index contributed by atoms with van der Waals surface area (Å²) in [6, 6.07) is 2.42. The molecule has 1 aromatic rings. The van der Waals surface area contributed by atoms with Gasteiger partial charge in [-0.2, -0.15) is 26.3 Å². The Kier molecular flexibility index (Phi) is 3.42. The Labute approximate surface area is 99.0 Å². The first-order valence-electron chi connectivity index (χ1n) is 4.85. The van der Waals surface area contributed by atoms with Crippen LogP contribution in [-0.2, 0) is 5.60 Å². The molecule has 1 N–H and O–H groups in total. The summed E-state index contributed by atoms with van der Waals surface area (Å²) in [5.41, 5.74) is -5.31. The fourth-order valence-electron chi connectivity index (χ4n) is 1.45. The van der Waals surface area contributed by atoms with E-state index in [1.807, 2.05) is 0 Å². The molecule has 0 spiro atoms. The Morgan fingerprint density at radius 2 is 1.28 bits per heavy atom. The molecule has 7 heteroatoms. The minimum Gasteiger partial charge on any atom is -0.369 e. The highest BCUT2D eigenvalue weighted by Gasteiger charge is 2.71. The van der Waals surface area contributed by atoms with E-state index < -0.39 is 23.5 Å². The van der Waals surface area contributed by atoms with Crippen LogP contribution in [0.3, 0.4) is 0 Å². The van der Waals surface area contributed by atoms with Gasteiger partial charge in [0.15, 0.2) is 0 Å². The molecule has 0 amide bonds. The predicted molar refractivity (Wildman–Crippen MR) is 51.9 cm³/mol. The molecule has 0 aliphatic heterocycles. The van der Waals surface area contributed by atoms with E-state index in [2.05, 4.69) is 0 Å². The lowest BCUT2D eigenvalue weighted by molar-refractivity contribution is -0.376. The Bertz CT molecular complexity index is 432. The quantitative estimate of drug-likeness (QED) is 0.774. The van der Waals surface area contributed by atoms with E-state index in [4.69, 9.17) is 5.11 Å². The van der Waals surface area contributed by atoms with Gasteiger partial charge in [-0.15, -0.1) is 0 Å². The molecule has 0 unspecified atom stereocenters. The highest BCUT2D eigenvalue weighted by Crippen LogP contribution is 2.50. The first-order valence-corrected chi connectivity index (χ1v) is 4.85. The lowest BCUT2D eigenvalue weighted by Crippen LogP contribution is -2.53. The first-order chi connectivity index (χ1) is 7.91. The standard InChI is InChI=1S/C11H10F6O/c1-6-3-4-8(5-7(6)2)9(18,10(12,13)14)11(15,16)17/h3-5,18H,1-2H3. The van der Waals surface area contributed by atoms with Gasteiger partial charge in [-0.25, -0.2) is 0 Å². The van der Waals surface area contributed by atoms with E-state index in [9.17, 15) is 26.3 Å². The monoisotopic (exact) mass is 272 g/mol. The number of aliphatic hydroxyl groups is 1. The summed E-state index contributed by atoms with van der Waals surface area (Å²) in [6.07, 6.45) is -11.7. The van der Waals surface area contributed by atoms with Gasteiger partial charge in [-0.3, -0.25) is 0 Å². The fourth-order valence-corrected chi connectivity index (χ4v) is 1.45. The van der Waals surface area contributed by atoms with Crippen LogP contribution in [0.15, 0.2) is 18.2 Å². The molecule has 0 atom stereocenters. The van der Waals surface area contributed by atoms with Crippen molar-refractivity contribution >= 4 is 0 Å². The van der Waals surface area contributed by atoms with Crippen molar-refractivity contribution in [1.29, 1.82) is 0 Å². The van der Waals surface area contributed by atoms with Crippen LogP contribution in [0.5, 0.6) is 0 Å². The van der Waals surface area contributed by atoms with E-state index in [0.717, 1.165) is 6.07 Å². The van der Waals surface area contributed by atoms with Gasteiger partial charge in [0, 0.05) is 5.56 Å². The Hall–Kier alpha value is -1.24. The molecule has 0 aliphatic rings. The molecule has 0 radical (unpaired) electrons. The average Bonchev–Trinajstić information content (AvgIpc) is 2.17. The van der Waals surface area contributed by atoms with Crippen LogP contribution in [0.1, 0.15) is 16.7 Å². The minimum absolute atomic E-state index is 0.236.